The van der Waals surface area contributed by atoms with Crippen molar-refractivity contribution in [2.75, 3.05) is 31.1 Å². The highest BCUT2D eigenvalue weighted by molar-refractivity contribution is 7.99. The Labute approximate surface area is 166 Å². The summed E-state index contributed by atoms with van der Waals surface area (Å²) in [5.41, 5.74) is 4.08. The van der Waals surface area contributed by atoms with Crippen LogP contribution < -0.4 is 4.90 Å². The molecule has 0 saturated carbocycles. The van der Waals surface area contributed by atoms with Gasteiger partial charge >= 0.3 is 0 Å². The van der Waals surface area contributed by atoms with Crippen molar-refractivity contribution in [3.05, 3.63) is 90.0 Å². The van der Waals surface area contributed by atoms with E-state index in [0.717, 1.165) is 32.7 Å². The van der Waals surface area contributed by atoms with Crippen LogP contribution in [-0.4, -0.2) is 31.1 Å². The molecule has 1 aliphatic heterocycles. The lowest BCUT2D eigenvalue weighted by molar-refractivity contribution is 0.248. The molecule has 3 aromatic carbocycles. The third kappa shape index (κ3) is 4.74. The average molecular weight is 375 g/mol. The van der Waals surface area contributed by atoms with Gasteiger partial charge in [0.25, 0.3) is 0 Å². The summed E-state index contributed by atoms with van der Waals surface area (Å²) >= 11 is 1.88. The molecule has 4 rings (SSSR count). The lowest BCUT2D eigenvalue weighted by atomic mass is 10.2. The zero-order valence-corrected chi connectivity index (χ0v) is 16.7. The van der Waals surface area contributed by atoms with Crippen LogP contribution in [0.1, 0.15) is 11.1 Å². The zero-order chi connectivity index (χ0) is 18.5. The van der Waals surface area contributed by atoms with E-state index in [0.29, 0.717) is 0 Å². The molecule has 0 spiro atoms. The van der Waals surface area contributed by atoms with Crippen LogP contribution in [0.15, 0.2) is 88.7 Å². The normalized spacial score (nSPS) is 15.1. The number of benzene rings is 3. The van der Waals surface area contributed by atoms with E-state index in [9.17, 15) is 0 Å². The van der Waals surface area contributed by atoms with Gasteiger partial charge in [-0.3, -0.25) is 4.90 Å². The number of hydrogen-bond acceptors (Lipinski definition) is 3. The van der Waals surface area contributed by atoms with Gasteiger partial charge < -0.3 is 4.90 Å². The highest BCUT2D eigenvalue weighted by atomic mass is 32.2. The van der Waals surface area contributed by atoms with E-state index < -0.39 is 0 Å². The summed E-state index contributed by atoms with van der Waals surface area (Å²) in [7, 11) is 0. The summed E-state index contributed by atoms with van der Waals surface area (Å²) in [6.07, 6.45) is 0. The first-order chi connectivity index (χ1) is 13.3. The fourth-order valence-electron chi connectivity index (χ4n) is 3.58. The second-order valence-electron chi connectivity index (χ2n) is 7.13. The number of piperazine rings is 1. The molecule has 0 amide bonds. The van der Waals surface area contributed by atoms with E-state index in [1.54, 1.807) is 0 Å². The van der Waals surface area contributed by atoms with Gasteiger partial charge in [-0.15, -0.1) is 0 Å². The van der Waals surface area contributed by atoms with Crippen LogP contribution in [0.3, 0.4) is 0 Å². The number of aryl methyl sites for hydroxylation is 1. The van der Waals surface area contributed by atoms with Crippen LogP contribution in [0.2, 0.25) is 0 Å². The van der Waals surface area contributed by atoms with E-state index in [4.69, 9.17) is 0 Å². The topological polar surface area (TPSA) is 6.48 Å². The number of rotatable bonds is 5. The molecule has 3 aromatic rings. The van der Waals surface area contributed by atoms with Gasteiger partial charge in [0, 0.05) is 48.2 Å². The molecule has 1 heterocycles. The molecule has 0 bridgehead atoms. The Kier molecular flexibility index (Phi) is 5.81. The molecule has 0 unspecified atom stereocenters. The second-order valence-corrected chi connectivity index (χ2v) is 8.24. The van der Waals surface area contributed by atoms with E-state index in [2.05, 4.69) is 95.6 Å². The predicted octanol–water partition coefficient (Wildman–Crippen LogP) is 5.47. The summed E-state index contributed by atoms with van der Waals surface area (Å²) in [4.78, 5) is 7.75. The fourth-order valence-corrected chi connectivity index (χ4v) is 4.64. The van der Waals surface area contributed by atoms with Crippen molar-refractivity contribution in [3.63, 3.8) is 0 Å². The van der Waals surface area contributed by atoms with Crippen molar-refractivity contribution >= 4 is 17.4 Å². The quantitative estimate of drug-likeness (QED) is 0.585. The summed E-state index contributed by atoms with van der Waals surface area (Å²) in [5.74, 6) is 0. The van der Waals surface area contributed by atoms with Crippen molar-refractivity contribution < 1.29 is 0 Å². The van der Waals surface area contributed by atoms with Crippen molar-refractivity contribution in [3.8, 4) is 0 Å². The fraction of sp³-hybridized carbons (Fsp3) is 0.250. The van der Waals surface area contributed by atoms with Gasteiger partial charge in [0.05, 0.1) is 0 Å². The first-order valence-corrected chi connectivity index (χ1v) is 10.4. The maximum absolute atomic E-state index is 2.58. The van der Waals surface area contributed by atoms with Crippen LogP contribution in [0.4, 0.5) is 5.69 Å². The molecule has 0 aliphatic carbocycles. The smallest absolute Gasteiger partial charge is 0.0367 e. The molecule has 138 valence electrons. The van der Waals surface area contributed by atoms with Crippen molar-refractivity contribution in [1.82, 2.24) is 4.90 Å². The molecule has 1 aliphatic rings. The predicted molar refractivity (Wildman–Crippen MR) is 116 cm³/mol. The van der Waals surface area contributed by atoms with Crippen LogP contribution in [0, 0.1) is 6.92 Å². The lowest BCUT2D eigenvalue weighted by Crippen LogP contribution is -2.46. The summed E-state index contributed by atoms with van der Waals surface area (Å²) in [6.45, 7) is 7.59. The highest BCUT2D eigenvalue weighted by Gasteiger charge is 2.18. The van der Waals surface area contributed by atoms with Crippen molar-refractivity contribution in [1.29, 1.82) is 0 Å². The molecule has 3 heteroatoms. The molecule has 1 fully saturated rings. The minimum absolute atomic E-state index is 1.03. The Morgan fingerprint density at radius 1 is 0.778 bits per heavy atom. The van der Waals surface area contributed by atoms with E-state index in [-0.39, 0.29) is 0 Å². The van der Waals surface area contributed by atoms with Gasteiger partial charge in [-0.1, -0.05) is 65.9 Å². The Balaban J connectivity index is 1.40. The van der Waals surface area contributed by atoms with E-state index in [1.807, 2.05) is 11.8 Å². The van der Waals surface area contributed by atoms with Gasteiger partial charge in [0.1, 0.15) is 0 Å². The lowest BCUT2D eigenvalue weighted by Gasteiger charge is -2.36. The second kappa shape index (κ2) is 8.64. The minimum Gasteiger partial charge on any atom is -0.369 e. The Bertz CT molecular complexity index is 870. The van der Waals surface area contributed by atoms with Gasteiger partial charge in [-0.25, -0.2) is 0 Å². The standard InChI is InChI=1S/C24H26N2S/c1-20-8-7-12-23(18-20)27-24-13-6-5-9-21(24)19-25-14-16-26(17-15-25)22-10-3-2-4-11-22/h2-13,18H,14-17,19H2,1H3. The first-order valence-electron chi connectivity index (χ1n) is 9.63. The van der Waals surface area contributed by atoms with Crippen molar-refractivity contribution in [2.45, 2.75) is 23.3 Å². The summed E-state index contributed by atoms with van der Waals surface area (Å²) in [6, 6.07) is 28.4. The number of para-hydroxylation sites is 1. The molecular weight excluding hydrogens is 348 g/mol. The molecule has 0 radical (unpaired) electrons. The van der Waals surface area contributed by atoms with Crippen LogP contribution >= 0.6 is 11.8 Å². The van der Waals surface area contributed by atoms with Crippen molar-refractivity contribution in [2.24, 2.45) is 0 Å². The number of hydrogen-bond donors (Lipinski definition) is 0. The van der Waals surface area contributed by atoms with Gasteiger partial charge in [-0.05, 0) is 42.8 Å². The Morgan fingerprint density at radius 3 is 2.30 bits per heavy atom. The van der Waals surface area contributed by atoms with Gasteiger partial charge in [0.15, 0.2) is 0 Å². The molecule has 0 atom stereocenters. The first kappa shape index (κ1) is 18.1. The average Bonchev–Trinajstić information content (AvgIpc) is 2.71. The Hall–Kier alpha value is -2.23. The van der Waals surface area contributed by atoms with Crippen LogP contribution in [-0.2, 0) is 6.54 Å². The monoisotopic (exact) mass is 374 g/mol. The molecule has 2 nitrogen and oxygen atoms in total. The molecule has 27 heavy (non-hydrogen) atoms. The Morgan fingerprint density at radius 2 is 1.52 bits per heavy atom. The summed E-state index contributed by atoms with van der Waals surface area (Å²) in [5, 5.41) is 0. The highest BCUT2D eigenvalue weighted by Crippen LogP contribution is 2.31. The summed E-state index contributed by atoms with van der Waals surface area (Å²) < 4.78 is 0. The largest absolute Gasteiger partial charge is 0.369 e. The maximum atomic E-state index is 2.58. The van der Waals surface area contributed by atoms with Crippen LogP contribution in [0.25, 0.3) is 0 Å². The van der Waals surface area contributed by atoms with E-state index >= 15 is 0 Å². The third-order valence-electron chi connectivity index (χ3n) is 5.08. The van der Waals surface area contributed by atoms with Crippen LogP contribution in [0.5, 0.6) is 0 Å². The number of nitrogens with zero attached hydrogens (tertiary/aromatic N) is 2. The maximum Gasteiger partial charge on any atom is 0.0367 e. The van der Waals surface area contributed by atoms with E-state index in [1.165, 1.54) is 26.6 Å². The minimum atomic E-state index is 1.03. The zero-order valence-electron chi connectivity index (χ0n) is 15.8. The molecule has 0 aromatic heterocycles. The third-order valence-corrected chi connectivity index (χ3v) is 6.19. The molecular formula is C24H26N2S. The van der Waals surface area contributed by atoms with Gasteiger partial charge in [-0.2, -0.15) is 0 Å². The molecule has 0 N–H and O–H groups in total. The molecule has 1 saturated heterocycles. The number of anilines is 1. The SMILES string of the molecule is Cc1cccc(Sc2ccccc2CN2CCN(c3ccccc3)CC2)c1. The van der Waals surface area contributed by atoms with Gasteiger partial charge in [0.2, 0.25) is 0 Å².